The van der Waals surface area contributed by atoms with Gasteiger partial charge in [-0.1, -0.05) is 13.0 Å². The highest BCUT2D eigenvalue weighted by Gasteiger charge is 2.11. The fourth-order valence-electron chi connectivity index (χ4n) is 1.97. The predicted octanol–water partition coefficient (Wildman–Crippen LogP) is 2.52. The largest absolute Gasteiger partial charge is 0.481 e. The predicted molar refractivity (Wildman–Crippen MR) is 66.0 cm³/mol. The van der Waals surface area contributed by atoms with Crippen LogP contribution < -0.4 is 0 Å². The maximum Gasteiger partial charge on any atom is 0.303 e. The number of benzene rings is 1. The summed E-state index contributed by atoms with van der Waals surface area (Å²) in [5, 5.41) is 8.71. The molecule has 0 aliphatic heterocycles. The summed E-state index contributed by atoms with van der Waals surface area (Å²) in [4.78, 5) is 18.3. The van der Waals surface area contributed by atoms with E-state index in [1.165, 1.54) is 5.56 Å². The Morgan fingerprint density at radius 2 is 2.29 bits per heavy atom. The molecular weight excluding hydrogens is 216 g/mol. The van der Waals surface area contributed by atoms with Crippen molar-refractivity contribution in [2.45, 2.75) is 26.7 Å². The number of hydrogen-bond acceptors (Lipinski definition) is 2. The molecule has 2 N–H and O–H groups in total. The molecule has 1 atom stereocenters. The number of imidazole rings is 1. The van der Waals surface area contributed by atoms with Crippen LogP contribution in [-0.4, -0.2) is 21.0 Å². The Morgan fingerprint density at radius 3 is 3.00 bits per heavy atom. The molecule has 1 aromatic heterocycles. The van der Waals surface area contributed by atoms with Gasteiger partial charge in [-0.2, -0.15) is 0 Å². The van der Waals surface area contributed by atoms with Gasteiger partial charge in [0.15, 0.2) is 0 Å². The number of hydrogen-bond donors (Lipinski definition) is 2. The second-order valence-corrected chi connectivity index (χ2v) is 4.61. The number of aromatic amines is 1. The van der Waals surface area contributed by atoms with Crippen LogP contribution in [0.2, 0.25) is 0 Å². The monoisotopic (exact) mass is 232 g/mol. The van der Waals surface area contributed by atoms with Crippen molar-refractivity contribution in [2.75, 3.05) is 0 Å². The van der Waals surface area contributed by atoms with Crippen molar-refractivity contribution in [1.82, 2.24) is 9.97 Å². The Labute approximate surface area is 99.7 Å². The molecule has 4 nitrogen and oxygen atoms in total. The van der Waals surface area contributed by atoms with E-state index < -0.39 is 5.97 Å². The van der Waals surface area contributed by atoms with Crippen molar-refractivity contribution >= 4 is 17.0 Å². The average Bonchev–Trinajstić information content (AvgIpc) is 2.57. The number of H-pyrrole nitrogens is 1. The van der Waals surface area contributed by atoms with Crippen LogP contribution >= 0.6 is 0 Å². The summed E-state index contributed by atoms with van der Waals surface area (Å²) in [6.45, 7) is 3.96. The first-order chi connectivity index (χ1) is 8.04. The first-order valence-electron chi connectivity index (χ1n) is 5.71. The Morgan fingerprint density at radius 1 is 1.53 bits per heavy atom. The molecule has 1 heterocycles. The van der Waals surface area contributed by atoms with Crippen LogP contribution in [-0.2, 0) is 11.2 Å². The van der Waals surface area contributed by atoms with Crippen LogP contribution in [0.3, 0.4) is 0 Å². The zero-order valence-corrected chi connectivity index (χ0v) is 10.0. The summed E-state index contributed by atoms with van der Waals surface area (Å²) in [6, 6.07) is 6.05. The number of aliphatic carboxylic acids is 1. The SMILES string of the molecule is Cc1ccc2nc(CC(C)CC(=O)O)[nH]c2c1. The topological polar surface area (TPSA) is 66.0 Å². The van der Waals surface area contributed by atoms with Gasteiger partial charge in [-0.3, -0.25) is 4.79 Å². The van der Waals surface area contributed by atoms with E-state index in [1.807, 2.05) is 32.0 Å². The molecule has 90 valence electrons. The van der Waals surface area contributed by atoms with Crippen molar-refractivity contribution < 1.29 is 9.90 Å². The van der Waals surface area contributed by atoms with Crippen LogP contribution in [0.25, 0.3) is 11.0 Å². The Hall–Kier alpha value is -1.84. The highest BCUT2D eigenvalue weighted by molar-refractivity contribution is 5.75. The normalized spacial score (nSPS) is 12.8. The van der Waals surface area contributed by atoms with Crippen molar-refractivity contribution in [1.29, 1.82) is 0 Å². The van der Waals surface area contributed by atoms with E-state index in [-0.39, 0.29) is 12.3 Å². The van der Waals surface area contributed by atoms with E-state index in [1.54, 1.807) is 0 Å². The number of nitrogens with zero attached hydrogens (tertiary/aromatic N) is 1. The lowest BCUT2D eigenvalue weighted by Gasteiger charge is -2.04. The number of nitrogens with one attached hydrogen (secondary N) is 1. The summed E-state index contributed by atoms with van der Waals surface area (Å²) < 4.78 is 0. The molecule has 0 saturated heterocycles. The molecule has 0 bridgehead atoms. The number of carbonyl (C=O) groups is 1. The lowest BCUT2D eigenvalue weighted by molar-refractivity contribution is -0.137. The third-order valence-electron chi connectivity index (χ3n) is 2.75. The highest BCUT2D eigenvalue weighted by Crippen LogP contribution is 2.16. The number of rotatable bonds is 4. The second-order valence-electron chi connectivity index (χ2n) is 4.61. The van der Waals surface area contributed by atoms with E-state index in [0.717, 1.165) is 16.9 Å². The fraction of sp³-hybridized carbons (Fsp3) is 0.385. The van der Waals surface area contributed by atoms with Crippen LogP contribution in [0.1, 0.15) is 24.7 Å². The molecule has 0 amide bonds. The quantitative estimate of drug-likeness (QED) is 0.851. The molecule has 0 aliphatic carbocycles. The van der Waals surface area contributed by atoms with Gasteiger partial charge in [0, 0.05) is 12.8 Å². The minimum Gasteiger partial charge on any atom is -0.481 e. The third-order valence-corrected chi connectivity index (χ3v) is 2.75. The van der Waals surface area contributed by atoms with Crippen LogP contribution in [0.15, 0.2) is 18.2 Å². The third kappa shape index (κ3) is 2.84. The highest BCUT2D eigenvalue weighted by atomic mass is 16.4. The first-order valence-corrected chi connectivity index (χ1v) is 5.71. The Bertz CT molecular complexity index is 545. The molecule has 2 aromatic rings. The van der Waals surface area contributed by atoms with Gasteiger partial charge in [-0.15, -0.1) is 0 Å². The van der Waals surface area contributed by atoms with E-state index in [2.05, 4.69) is 9.97 Å². The van der Waals surface area contributed by atoms with Gasteiger partial charge in [0.1, 0.15) is 5.82 Å². The van der Waals surface area contributed by atoms with Gasteiger partial charge in [-0.05, 0) is 30.5 Å². The molecular formula is C13H16N2O2. The Kier molecular flexibility index (Phi) is 3.13. The van der Waals surface area contributed by atoms with Gasteiger partial charge in [0.2, 0.25) is 0 Å². The van der Waals surface area contributed by atoms with Gasteiger partial charge in [-0.25, -0.2) is 4.98 Å². The number of carboxylic acids is 1. The molecule has 0 spiro atoms. The Balaban J connectivity index is 2.16. The molecule has 0 fully saturated rings. The van der Waals surface area contributed by atoms with Crippen molar-refractivity contribution in [2.24, 2.45) is 5.92 Å². The smallest absolute Gasteiger partial charge is 0.303 e. The van der Waals surface area contributed by atoms with Gasteiger partial charge in [0.05, 0.1) is 11.0 Å². The number of aromatic nitrogens is 2. The number of aryl methyl sites for hydroxylation is 1. The summed E-state index contributed by atoms with van der Waals surface area (Å²) in [5.74, 6) is 0.193. The van der Waals surface area contributed by atoms with E-state index in [4.69, 9.17) is 5.11 Å². The average molecular weight is 232 g/mol. The number of carboxylic acid groups (broad SMARTS) is 1. The van der Waals surface area contributed by atoms with E-state index in [0.29, 0.717) is 6.42 Å². The minimum atomic E-state index is -0.760. The fourth-order valence-corrected chi connectivity index (χ4v) is 1.97. The molecule has 0 radical (unpaired) electrons. The maximum absolute atomic E-state index is 10.6. The molecule has 2 rings (SSSR count). The van der Waals surface area contributed by atoms with Crippen LogP contribution in [0, 0.1) is 12.8 Å². The van der Waals surface area contributed by atoms with Crippen LogP contribution in [0.5, 0.6) is 0 Å². The molecule has 1 unspecified atom stereocenters. The number of fused-ring (bicyclic) bond motifs is 1. The molecule has 0 aliphatic rings. The lowest BCUT2D eigenvalue weighted by Crippen LogP contribution is -2.07. The summed E-state index contributed by atoms with van der Waals surface area (Å²) in [6.07, 6.45) is 0.843. The van der Waals surface area contributed by atoms with Crippen molar-refractivity contribution in [3.63, 3.8) is 0 Å². The lowest BCUT2D eigenvalue weighted by atomic mass is 10.0. The van der Waals surface area contributed by atoms with Crippen molar-refractivity contribution in [3.8, 4) is 0 Å². The van der Waals surface area contributed by atoms with Gasteiger partial charge < -0.3 is 10.1 Å². The zero-order chi connectivity index (χ0) is 12.4. The summed E-state index contributed by atoms with van der Waals surface area (Å²) >= 11 is 0. The maximum atomic E-state index is 10.6. The standard InChI is InChI=1S/C13H16N2O2/c1-8-3-4-10-11(5-8)15-12(14-10)6-9(2)7-13(16)17/h3-5,9H,6-7H2,1-2H3,(H,14,15)(H,16,17). The minimum absolute atomic E-state index is 0.0918. The van der Waals surface area contributed by atoms with Crippen LogP contribution in [0.4, 0.5) is 0 Å². The van der Waals surface area contributed by atoms with Crippen molar-refractivity contribution in [3.05, 3.63) is 29.6 Å². The molecule has 1 aromatic carbocycles. The summed E-state index contributed by atoms with van der Waals surface area (Å²) in [7, 11) is 0. The molecule has 4 heteroatoms. The zero-order valence-electron chi connectivity index (χ0n) is 10.0. The van der Waals surface area contributed by atoms with E-state index >= 15 is 0 Å². The summed E-state index contributed by atoms with van der Waals surface area (Å²) in [5.41, 5.74) is 3.14. The first kappa shape index (κ1) is 11.6. The van der Waals surface area contributed by atoms with Gasteiger partial charge >= 0.3 is 5.97 Å². The molecule has 17 heavy (non-hydrogen) atoms. The molecule has 0 saturated carbocycles. The van der Waals surface area contributed by atoms with Gasteiger partial charge in [0.25, 0.3) is 0 Å². The van der Waals surface area contributed by atoms with E-state index in [9.17, 15) is 4.79 Å². The second kappa shape index (κ2) is 4.57.